The van der Waals surface area contributed by atoms with Gasteiger partial charge in [-0.2, -0.15) is 0 Å². The number of fused-ring (bicyclic) bond motifs is 1. The van der Waals surface area contributed by atoms with E-state index in [-0.39, 0.29) is 12.0 Å². The van der Waals surface area contributed by atoms with Crippen molar-refractivity contribution in [3.05, 3.63) is 51.4 Å². The quantitative estimate of drug-likeness (QED) is 0.462. The van der Waals surface area contributed by atoms with Crippen LogP contribution in [0.5, 0.6) is 0 Å². The number of ether oxygens (including phenoxy) is 1. The van der Waals surface area contributed by atoms with E-state index >= 15 is 0 Å². The Hall–Kier alpha value is -1.92. The van der Waals surface area contributed by atoms with E-state index in [0.717, 1.165) is 29.8 Å². The zero-order valence-corrected chi connectivity index (χ0v) is 19.4. The third-order valence-electron chi connectivity index (χ3n) is 5.58. The van der Waals surface area contributed by atoms with Gasteiger partial charge in [-0.05, 0) is 66.9 Å². The minimum absolute atomic E-state index is 0.0624. The maximum absolute atomic E-state index is 12.4. The van der Waals surface area contributed by atoms with Crippen LogP contribution in [-0.2, 0) is 17.6 Å². The lowest BCUT2D eigenvalue weighted by molar-refractivity contribution is 0.0601. The Morgan fingerprint density at radius 1 is 1.21 bits per heavy atom. The van der Waals surface area contributed by atoms with Crippen LogP contribution in [0.3, 0.4) is 0 Å². The van der Waals surface area contributed by atoms with E-state index in [2.05, 4.69) is 62.6 Å². The molecule has 1 aliphatic rings. The fourth-order valence-electron chi connectivity index (χ4n) is 3.75. The normalized spacial score (nSPS) is 16.8. The number of methoxy groups -OCH3 is 1. The zero-order chi connectivity index (χ0) is 21.1. The Labute approximate surface area is 183 Å². The summed E-state index contributed by atoms with van der Waals surface area (Å²) in [6.45, 7) is 8.72. The molecule has 29 heavy (non-hydrogen) atoms. The molecule has 0 saturated heterocycles. The fourth-order valence-corrected chi connectivity index (χ4v) is 5.49. The molecule has 2 unspecified atom stereocenters. The highest BCUT2D eigenvalue weighted by Gasteiger charge is 2.28. The van der Waals surface area contributed by atoms with Crippen molar-refractivity contribution in [3.8, 4) is 0 Å². The predicted octanol–water partition coefficient (Wildman–Crippen LogP) is 5.83. The van der Waals surface area contributed by atoms with Crippen molar-refractivity contribution in [1.29, 1.82) is 0 Å². The van der Waals surface area contributed by atoms with Crippen LogP contribution in [0.15, 0.2) is 24.3 Å². The second-order valence-electron chi connectivity index (χ2n) is 8.19. The summed E-state index contributed by atoms with van der Waals surface area (Å²) in [5.41, 5.74) is 4.27. The van der Waals surface area contributed by atoms with Gasteiger partial charge < -0.3 is 15.4 Å². The number of thiocarbonyl (C=S) groups is 1. The van der Waals surface area contributed by atoms with Crippen molar-refractivity contribution in [1.82, 2.24) is 5.32 Å². The van der Waals surface area contributed by atoms with E-state index in [1.54, 1.807) is 11.3 Å². The van der Waals surface area contributed by atoms with Crippen LogP contribution in [-0.4, -0.2) is 18.2 Å². The number of carbonyl (C=O) groups excluding carboxylic acids is 1. The summed E-state index contributed by atoms with van der Waals surface area (Å²) in [6, 6.07) is 8.67. The van der Waals surface area contributed by atoms with Gasteiger partial charge in [0.1, 0.15) is 5.00 Å². The minimum Gasteiger partial charge on any atom is -0.465 e. The minimum atomic E-state index is -0.292. The monoisotopic (exact) mass is 430 g/mol. The molecule has 0 aliphatic heterocycles. The summed E-state index contributed by atoms with van der Waals surface area (Å²) in [5.74, 6) is 0.859. The third-order valence-corrected chi connectivity index (χ3v) is 6.97. The van der Waals surface area contributed by atoms with Gasteiger partial charge in [0.05, 0.1) is 18.7 Å². The van der Waals surface area contributed by atoms with E-state index in [1.165, 1.54) is 23.1 Å². The second kappa shape index (κ2) is 9.26. The largest absolute Gasteiger partial charge is 0.465 e. The Morgan fingerprint density at radius 2 is 1.86 bits per heavy atom. The van der Waals surface area contributed by atoms with Gasteiger partial charge in [0.2, 0.25) is 0 Å². The van der Waals surface area contributed by atoms with Gasteiger partial charge in [0.25, 0.3) is 0 Å². The molecule has 1 heterocycles. The van der Waals surface area contributed by atoms with Gasteiger partial charge in [-0.25, -0.2) is 4.79 Å². The second-order valence-corrected chi connectivity index (χ2v) is 9.70. The van der Waals surface area contributed by atoms with Crippen LogP contribution in [0.25, 0.3) is 0 Å². The number of benzene rings is 1. The van der Waals surface area contributed by atoms with Gasteiger partial charge in [0.15, 0.2) is 5.11 Å². The van der Waals surface area contributed by atoms with Crippen molar-refractivity contribution in [3.63, 3.8) is 0 Å². The van der Waals surface area contributed by atoms with Gasteiger partial charge in [-0.15, -0.1) is 11.3 Å². The van der Waals surface area contributed by atoms with Gasteiger partial charge in [0, 0.05) is 4.88 Å². The highest BCUT2D eigenvalue weighted by Crippen LogP contribution is 2.40. The molecule has 1 aromatic carbocycles. The average molecular weight is 431 g/mol. The van der Waals surface area contributed by atoms with E-state index in [0.29, 0.717) is 22.5 Å². The van der Waals surface area contributed by atoms with Gasteiger partial charge in [-0.3, -0.25) is 0 Å². The van der Waals surface area contributed by atoms with Crippen LogP contribution in [0.4, 0.5) is 5.00 Å². The summed E-state index contributed by atoms with van der Waals surface area (Å²) in [6.07, 6.45) is 3.02. The summed E-state index contributed by atoms with van der Waals surface area (Å²) >= 11 is 7.18. The molecule has 0 spiro atoms. The highest BCUT2D eigenvalue weighted by atomic mass is 32.1. The standard InChI is InChI=1S/C23H30N2O2S2/c1-13(2)16-7-9-17(10-8-16)15(4)24-23(28)25-21-20(22(26)27-5)18-11-6-14(3)12-19(18)29-21/h7-10,13-15H,6,11-12H2,1-5H3,(H2,24,25,28). The SMILES string of the molecule is COC(=O)c1c(NC(=S)NC(C)c2ccc(C(C)C)cc2)sc2c1CCC(C)C2. The molecule has 1 aromatic heterocycles. The summed E-state index contributed by atoms with van der Waals surface area (Å²) in [7, 11) is 1.43. The van der Waals surface area contributed by atoms with Gasteiger partial charge in [-0.1, -0.05) is 45.0 Å². The first kappa shape index (κ1) is 21.8. The van der Waals surface area contributed by atoms with E-state index in [1.807, 2.05) is 0 Å². The molecule has 6 heteroatoms. The maximum Gasteiger partial charge on any atom is 0.341 e. The molecule has 0 amide bonds. The van der Waals surface area contributed by atoms with Crippen LogP contribution >= 0.6 is 23.6 Å². The first-order chi connectivity index (χ1) is 13.8. The van der Waals surface area contributed by atoms with Crippen molar-refractivity contribution in [2.45, 2.75) is 58.9 Å². The Balaban J connectivity index is 1.74. The molecule has 156 valence electrons. The van der Waals surface area contributed by atoms with E-state index in [9.17, 15) is 4.79 Å². The van der Waals surface area contributed by atoms with Crippen LogP contribution in [0.2, 0.25) is 0 Å². The maximum atomic E-state index is 12.4. The number of hydrogen-bond donors (Lipinski definition) is 2. The van der Waals surface area contributed by atoms with Crippen molar-refractivity contribution < 1.29 is 9.53 Å². The molecule has 4 nitrogen and oxygen atoms in total. The molecule has 2 aromatic rings. The van der Waals surface area contributed by atoms with E-state index in [4.69, 9.17) is 17.0 Å². The first-order valence-corrected chi connectivity index (χ1v) is 11.4. The predicted molar refractivity (Wildman–Crippen MR) is 125 cm³/mol. The number of esters is 1. The highest BCUT2D eigenvalue weighted by molar-refractivity contribution is 7.80. The Kier molecular flexibility index (Phi) is 6.96. The van der Waals surface area contributed by atoms with Crippen LogP contribution in [0.1, 0.15) is 78.0 Å². The van der Waals surface area contributed by atoms with Gasteiger partial charge >= 0.3 is 5.97 Å². The molecule has 0 saturated carbocycles. The molecule has 0 bridgehead atoms. The lowest BCUT2D eigenvalue weighted by Crippen LogP contribution is -2.31. The first-order valence-electron chi connectivity index (χ1n) is 10.2. The fraction of sp³-hybridized carbons (Fsp3) is 0.478. The van der Waals surface area contributed by atoms with E-state index < -0.39 is 0 Å². The molecule has 2 N–H and O–H groups in total. The molecule has 1 aliphatic carbocycles. The number of thiophene rings is 1. The molecule has 0 fully saturated rings. The smallest absolute Gasteiger partial charge is 0.341 e. The van der Waals surface area contributed by atoms with Crippen LogP contribution in [0, 0.1) is 5.92 Å². The van der Waals surface area contributed by atoms with Crippen molar-refractivity contribution in [2.24, 2.45) is 5.92 Å². The molecule has 3 rings (SSSR count). The number of anilines is 1. The number of carbonyl (C=O) groups is 1. The zero-order valence-electron chi connectivity index (χ0n) is 17.8. The topological polar surface area (TPSA) is 50.4 Å². The molecule has 2 atom stereocenters. The molecular formula is C23H30N2O2S2. The number of rotatable bonds is 5. The molecule has 0 radical (unpaired) electrons. The number of nitrogens with one attached hydrogen (secondary N) is 2. The Morgan fingerprint density at radius 3 is 2.48 bits per heavy atom. The van der Waals surface area contributed by atoms with Crippen molar-refractivity contribution >= 4 is 39.6 Å². The average Bonchev–Trinajstić information content (AvgIpc) is 3.03. The lowest BCUT2D eigenvalue weighted by Gasteiger charge is -2.19. The molecular weight excluding hydrogens is 400 g/mol. The van der Waals surface area contributed by atoms with Crippen LogP contribution < -0.4 is 10.6 Å². The third kappa shape index (κ3) is 4.98. The lowest BCUT2D eigenvalue weighted by atomic mass is 9.88. The summed E-state index contributed by atoms with van der Waals surface area (Å²) in [5, 5.41) is 7.91. The van der Waals surface area contributed by atoms with Crippen molar-refractivity contribution in [2.75, 3.05) is 12.4 Å². The summed E-state index contributed by atoms with van der Waals surface area (Å²) in [4.78, 5) is 13.7. The summed E-state index contributed by atoms with van der Waals surface area (Å²) < 4.78 is 5.05. The Bertz CT molecular complexity index is 887. The number of hydrogen-bond acceptors (Lipinski definition) is 4.